The molecule has 1 atom stereocenters. The second-order valence-electron chi connectivity index (χ2n) is 17.1. The number of fused-ring (bicyclic) bond motifs is 2. The fourth-order valence-corrected chi connectivity index (χ4v) is 9.47. The first kappa shape index (κ1) is 40.4. The van der Waals surface area contributed by atoms with Gasteiger partial charge in [0.05, 0.1) is 11.4 Å². The predicted molar refractivity (Wildman–Crippen MR) is 269 cm³/mol. The third-order valence-corrected chi connectivity index (χ3v) is 12.8. The van der Waals surface area contributed by atoms with Crippen molar-refractivity contribution in [2.24, 2.45) is 5.92 Å². The van der Waals surface area contributed by atoms with Crippen molar-refractivity contribution in [3.63, 3.8) is 0 Å². The van der Waals surface area contributed by atoms with Crippen LogP contribution >= 0.6 is 0 Å². The smallest absolute Gasteiger partial charge is 0.0543 e. The number of para-hydroxylation sites is 1. The van der Waals surface area contributed by atoms with Crippen LogP contribution in [0.4, 0.5) is 17.1 Å². The highest BCUT2D eigenvalue weighted by Crippen LogP contribution is 2.48. The molecule has 0 saturated carbocycles. The van der Waals surface area contributed by atoms with Crippen molar-refractivity contribution in [2.75, 3.05) is 4.90 Å². The van der Waals surface area contributed by atoms with Crippen LogP contribution in [-0.4, -0.2) is 0 Å². The van der Waals surface area contributed by atoms with Crippen molar-refractivity contribution < 1.29 is 0 Å². The molecule has 9 aromatic rings. The molecular weight excluding hydrogens is 747 g/mol. The van der Waals surface area contributed by atoms with E-state index in [2.05, 4.69) is 240 Å². The highest BCUT2D eigenvalue weighted by atomic mass is 15.1. The van der Waals surface area contributed by atoms with Crippen LogP contribution < -0.4 is 4.90 Å². The second-order valence-corrected chi connectivity index (χ2v) is 17.1. The molecule has 0 aliphatic heterocycles. The van der Waals surface area contributed by atoms with Crippen molar-refractivity contribution >= 4 is 50.3 Å². The van der Waals surface area contributed by atoms with E-state index >= 15 is 0 Å². The molecule has 62 heavy (non-hydrogen) atoms. The van der Waals surface area contributed by atoms with Gasteiger partial charge in [0, 0.05) is 16.6 Å². The zero-order chi connectivity index (χ0) is 42.6. The maximum Gasteiger partial charge on any atom is 0.0543 e. The summed E-state index contributed by atoms with van der Waals surface area (Å²) < 4.78 is 0. The van der Waals surface area contributed by atoms with Gasteiger partial charge in [-0.3, -0.25) is 0 Å². The average Bonchev–Trinajstić information content (AvgIpc) is 3.30. The summed E-state index contributed by atoms with van der Waals surface area (Å²) in [7, 11) is 0. The zero-order valence-corrected chi connectivity index (χ0v) is 36.7. The summed E-state index contributed by atoms with van der Waals surface area (Å²) in [5, 5.41) is 5.06. The van der Waals surface area contributed by atoms with Gasteiger partial charge in [-0.2, -0.15) is 0 Å². The first-order valence-electron chi connectivity index (χ1n) is 22.3. The van der Waals surface area contributed by atoms with Crippen LogP contribution in [0.2, 0.25) is 0 Å². The molecule has 0 spiro atoms. The van der Waals surface area contributed by atoms with Gasteiger partial charge in [0.25, 0.3) is 0 Å². The third-order valence-electron chi connectivity index (χ3n) is 12.8. The molecule has 1 heteroatoms. The van der Waals surface area contributed by atoms with Gasteiger partial charge in [-0.05, 0) is 141 Å². The molecule has 9 rings (SSSR count). The molecular formula is C61H55N. The summed E-state index contributed by atoms with van der Waals surface area (Å²) in [6, 6.07) is 71.5. The van der Waals surface area contributed by atoms with E-state index in [1.807, 2.05) is 0 Å². The lowest BCUT2D eigenvalue weighted by atomic mass is 9.87. The Labute approximate surface area is 368 Å². The summed E-state index contributed by atoms with van der Waals surface area (Å²) in [5.74, 6) is 0.600. The van der Waals surface area contributed by atoms with Crippen LogP contribution in [0.15, 0.2) is 194 Å². The topological polar surface area (TPSA) is 3.24 Å². The van der Waals surface area contributed by atoms with E-state index in [-0.39, 0.29) is 0 Å². The Morgan fingerprint density at radius 2 is 1.15 bits per heavy atom. The van der Waals surface area contributed by atoms with Crippen LogP contribution in [0.1, 0.15) is 59.2 Å². The minimum absolute atomic E-state index is 0.600. The van der Waals surface area contributed by atoms with Gasteiger partial charge in [-0.15, -0.1) is 0 Å². The van der Waals surface area contributed by atoms with E-state index in [1.54, 1.807) is 0 Å². The third kappa shape index (κ3) is 8.12. The minimum atomic E-state index is 0.600. The molecule has 0 bridgehead atoms. The number of anilines is 3. The van der Waals surface area contributed by atoms with Crippen LogP contribution in [0.3, 0.4) is 0 Å². The SMILES string of the molecule is CCC(C)Cc1ccccc1-c1c(C)cccc1N(c1ccccc1)c1cc(C)c(-c2ccc(/C=C(/Cc3cccc4ccccc34)c3ccccc3)cc2C)c2ccccc12. The van der Waals surface area contributed by atoms with E-state index in [0.29, 0.717) is 5.92 Å². The van der Waals surface area contributed by atoms with E-state index in [0.717, 1.165) is 24.9 Å². The van der Waals surface area contributed by atoms with E-state index in [9.17, 15) is 0 Å². The van der Waals surface area contributed by atoms with Crippen LogP contribution in [-0.2, 0) is 12.8 Å². The largest absolute Gasteiger partial charge is 0.309 e. The van der Waals surface area contributed by atoms with Crippen molar-refractivity contribution in [1.82, 2.24) is 0 Å². The lowest BCUT2D eigenvalue weighted by Gasteiger charge is -2.31. The van der Waals surface area contributed by atoms with Gasteiger partial charge >= 0.3 is 0 Å². The number of aryl methyl sites for hydroxylation is 3. The van der Waals surface area contributed by atoms with E-state index in [1.165, 1.54) is 99.7 Å². The average molecular weight is 802 g/mol. The molecule has 0 aromatic heterocycles. The summed E-state index contributed by atoms with van der Waals surface area (Å²) >= 11 is 0. The van der Waals surface area contributed by atoms with Crippen LogP contribution in [0.25, 0.3) is 55.4 Å². The number of hydrogen-bond donors (Lipinski definition) is 0. The summed E-state index contributed by atoms with van der Waals surface area (Å²) in [6.45, 7) is 11.5. The quantitative estimate of drug-likeness (QED) is 0.111. The van der Waals surface area contributed by atoms with Crippen molar-refractivity contribution in [3.05, 3.63) is 233 Å². The summed E-state index contributed by atoms with van der Waals surface area (Å²) in [6.07, 6.45) is 5.44. The van der Waals surface area contributed by atoms with Gasteiger partial charge < -0.3 is 4.90 Å². The molecule has 304 valence electrons. The number of benzene rings is 9. The van der Waals surface area contributed by atoms with Gasteiger partial charge in [0.2, 0.25) is 0 Å². The fourth-order valence-electron chi connectivity index (χ4n) is 9.47. The van der Waals surface area contributed by atoms with Crippen LogP contribution in [0, 0.1) is 26.7 Å². The summed E-state index contributed by atoms with van der Waals surface area (Å²) in [4.78, 5) is 2.50. The Kier molecular flexibility index (Phi) is 11.7. The normalized spacial score (nSPS) is 12.2. The molecule has 9 aromatic carbocycles. The Hall–Kier alpha value is -6.96. The van der Waals surface area contributed by atoms with Gasteiger partial charge in [0.1, 0.15) is 0 Å². The lowest BCUT2D eigenvalue weighted by Crippen LogP contribution is -2.13. The molecule has 0 heterocycles. The van der Waals surface area contributed by atoms with Crippen molar-refractivity contribution in [3.8, 4) is 22.3 Å². The summed E-state index contributed by atoms with van der Waals surface area (Å²) in [5.41, 5.74) is 18.9. The standard InChI is InChI=1S/C61H55N/c1-6-42(2)37-49-25-14-16-31-55(49)61-43(3)21-19-34-58(61)62(52-28-11-8-12-29-52)59-39-45(5)60(57-33-18-17-32-56(57)59)53-36-35-46(38-44(53)4)40-51(47-22-9-7-10-23-47)41-50-27-20-26-48-24-13-15-30-54(48)50/h7-36,38-40,42H,6,37,41H2,1-5H3/b51-40-. The number of nitrogens with zero attached hydrogens (tertiary/aromatic N) is 1. The highest BCUT2D eigenvalue weighted by molar-refractivity contribution is 6.09. The lowest BCUT2D eigenvalue weighted by molar-refractivity contribution is 0.561. The maximum atomic E-state index is 2.50. The molecule has 0 aliphatic rings. The Morgan fingerprint density at radius 1 is 0.500 bits per heavy atom. The van der Waals surface area contributed by atoms with Gasteiger partial charge in [0.15, 0.2) is 0 Å². The second kappa shape index (κ2) is 17.9. The Balaban J connectivity index is 1.17. The molecule has 0 radical (unpaired) electrons. The fraction of sp³-hybridized carbons (Fsp3) is 0.148. The van der Waals surface area contributed by atoms with Crippen LogP contribution in [0.5, 0.6) is 0 Å². The van der Waals surface area contributed by atoms with Crippen molar-refractivity contribution in [1.29, 1.82) is 0 Å². The molecule has 0 aliphatic carbocycles. The minimum Gasteiger partial charge on any atom is -0.309 e. The highest BCUT2D eigenvalue weighted by Gasteiger charge is 2.24. The molecule has 1 nitrogen and oxygen atoms in total. The first-order valence-corrected chi connectivity index (χ1v) is 22.3. The number of rotatable bonds is 12. The Bertz CT molecular complexity index is 3040. The molecule has 0 amide bonds. The molecule has 0 saturated heterocycles. The van der Waals surface area contributed by atoms with Gasteiger partial charge in [-0.1, -0.05) is 196 Å². The van der Waals surface area contributed by atoms with Gasteiger partial charge in [-0.25, -0.2) is 0 Å². The monoisotopic (exact) mass is 801 g/mol. The van der Waals surface area contributed by atoms with E-state index in [4.69, 9.17) is 0 Å². The Morgan fingerprint density at radius 3 is 1.92 bits per heavy atom. The van der Waals surface area contributed by atoms with Crippen molar-refractivity contribution in [2.45, 2.75) is 53.9 Å². The first-order chi connectivity index (χ1) is 30.4. The zero-order valence-electron chi connectivity index (χ0n) is 36.7. The molecule has 1 unspecified atom stereocenters. The van der Waals surface area contributed by atoms with E-state index < -0.39 is 0 Å². The predicted octanol–water partition coefficient (Wildman–Crippen LogP) is 17.1. The number of hydrogen-bond acceptors (Lipinski definition) is 1. The molecule has 0 fully saturated rings. The maximum absolute atomic E-state index is 2.50. The number of allylic oxidation sites excluding steroid dienone is 1. The molecule has 0 N–H and O–H groups in total.